The van der Waals surface area contributed by atoms with Crippen LogP contribution >= 0.6 is 0 Å². The van der Waals surface area contributed by atoms with Crippen molar-refractivity contribution in [1.82, 2.24) is 0 Å². The molecule has 0 amide bonds. The zero-order valence-corrected chi connectivity index (χ0v) is 10.6. The van der Waals surface area contributed by atoms with E-state index in [1.165, 1.54) is 51.4 Å². The Morgan fingerprint density at radius 2 is 1.69 bits per heavy atom. The van der Waals surface area contributed by atoms with Crippen LogP contribution in [0, 0.1) is 6.42 Å². The van der Waals surface area contributed by atoms with Gasteiger partial charge in [0, 0.05) is 6.42 Å². The number of hydrogen-bond acceptors (Lipinski definition) is 1. The summed E-state index contributed by atoms with van der Waals surface area (Å²) < 4.78 is 5.25. The Kier molecular flexibility index (Phi) is 7.93. The maximum absolute atomic E-state index is 5.25. The van der Waals surface area contributed by atoms with Crippen LogP contribution in [0.25, 0.3) is 0 Å². The molecule has 1 nitrogen and oxygen atoms in total. The maximum atomic E-state index is 5.25. The molecule has 1 radical (unpaired) electrons. The summed E-state index contributed by atoms with van der Waals surface area (Å²) in [5, 5.41) is 0. The van der Waals surface area contributed by atoms with Gasteiger partial charge in [-0.25, -0.2) is 0 Å². The molecule has 91 valence electrons. The highest BCUT2D eigenvalue weighted by Crippen LogP contribution is 2.13. The van der Waals surface area contributed by atoms with Gasteiger partial charge in [-0.1, -0.05) is 58.3 Å². The molecule has 0 bridgehead atoms. The van der Waals surface area contributed by atoms with Gasteiger partial charge in [-0.3, -0.25) is 0 Å². The lowest BCUT2D eigenvalue weighted by Gasteiger charge is -2.00. The van der Waals surface area contributed by atoms with E-state index >= 15 is 0 Å². The molecule has 0 aromatic carbocycles. The van der Waals surface area contributed by atoms with E-state index in [0.29, 0.717) is 0 Å². The van der Waals surface area contributed by atoms with Crippen molar-refractivity contribution in [2.45, 2.75) is 64.7 Å². The molecule has 0 aliphatic heterocycles. The third kappa shape index (κ3) is 6.71. The Morgan fingerprint density at radius 1 is 1.00 bits per heavy atom. The van der Waals surface area contributed by atoms with E-state index in [-0.39, 0.29) is 0 Å². The van der Waals surface area contributed by atoms with Gasteiger partial charge in [0.25, 0.3) is 0 Å². The normalized spacial score (nSPS) is 10.8. The Hall–Kier alpha value is -0.720. The van der Waals surface area contributed by atoms with Gasteiger partial charge >= 0.3 is 0 Å². The zero-order chi connectivity index (χ0) is 11.5. The van der Waals surface area contributed by atoms with Crippen molar-refractivity contribution in [1.29, 1.82) is 0 Å². The lowest BCUT2D eigenvalue weighted by Crippen LogP contribution is -1.82. The van der Waals surface area contributed by atoms with E-state index in [1.54, 1.807) is 6.26 Å². The average Bonchev–Trinajstić information content (AvgIpc) is 2.80. The van der Waals surface area contributed by atoms with E-state index < -0.39 is 0 Å². The van der Waals surface area contributed by atoms with Gasteiger partial charge in [-0.2, -0.15) is 0 Å². The molecule has 0 aliphatic rings. The maximum Gasteiger partial charge on any atom is 0.107 e. The summed E-state index contributed by atoms with van der Waals surface area (Å²) >= 11 is 0. The lowest BCUT2D eigenvalue weighted by atomic mass is 10.1. The van der Waals surface area contributed by atoms with Gasteiger partial charge < -0.3 is 4.42 Å². The summed E-state index contributed by atoms with van der Waals surface area (Å²) in [7, 11) is 0. The summed E-state index contributed by atoms with van der Waals surface area (Å²) in [4.78, 5) is 0. The minimum atomic E-state index is 1.02. The van der Waals surface area contributed by atoms with Gasteiger partial charge in [0.15, 0.2) is 0 Å². The Balaban J connectivity index is 1.78. The number of rotatable bonds is 10. The van der Waals surface area contributed by atoms with Crippen LogP contribution in [0.15, 0.2) is 22.8 Å². The molecule has 0 N–H and O–H groups in total. The van der Waals surface area contributed by atoms with Gasteiger partial charge in [0.1, 0.15) is 5.76 Å². The minimum absolute atomic E-state index is 1.02. The van der Waals surface area contributed by atoms with Crippen LogP contribution in [0.5, 0.6) is 0 Å². The quantitative estimate of drug-likeness (QED) is 0.484. The first-order chi connectivity index (χ1) is 7.93. The molecule has 0 unspecified atom stereocenters. The smallest absolute Gasteiger partial charge is 0.107 e. The highest BCUT2D eigenvalue weighted by molar-refractivity contribution is 5.08. The first-order valence-corrected chi connectivity index (χ1v) is 6.80. The molecule has 16 heavy (non-hydrogen) atoms. The monoisotopic (exact) mass is 221 g/mol. The Bertz CT molecular complexity index is 226. The van der Waals surface area contributed by atoms with E-state index in [4.69, 9.17) is 4.42 Å². The molecule has 0 saturated carbocycles. The van der Waals surface area contributed by atoms with Gasteiger partial charge in [-0.15, -0.1) is 0 Å². The number of furan rings is 1. The van der Waals surface area contributed by atoms with Gasteiger partial charge in [-0.05, 0) is 18.6 Å². The third-order valence-corrected chi connectivity index (χ3v) is 2.95. The standard InChI is InChI=1S/C15H25O/c1-2-3-4-5-6-7-8-9-10-12-15-13-11-14-16-15/h11-14H,2-10H2,1H3. The van der Waals surface area contributed by atoms with E-state index in [2.05, 4.69) is 13.3 Å². The predicted octanol–water partition coefficient (Wildman–Crippen LogP) is 5.36. The van der Waals surface area contributed by atoms with Crippen molar-refractivity contribution in [3.63, 3.8) is 0 Å². The van der Waals surface area contributed by atoms with Crippen LogP contribution in [-0.2, 0) is 0 Å². The van der Waals surface area contributed by atoms with Gasteiger partial charge in [0.05, 0.1) is 6.26 Å². The van der Waals surface area contributed by atoms with Crippen LogP contribution in [-0.4, -0.2) is 0 Å². The fraction of sp³-hybridized carbons (Fsp3) is 0.667. The minimum Gasteiger partial charge on any atom is -0.469 e. The zero-order valence-electron chi connectivity index (χ0n) is 10.6. The third-order valence-electron chi connectivity index (χ3n) is 2.95. The fourth-order valence-corrected chi connectivity index (χ4v) is 1.93. The topological polar surface area (TPSA) is 13.1 Å². The Labute approximate surface area is 100 Å². The van der Waals surface area contributed by atoms with Crippen LogP contribution < -0.4 is 0 Å². The molecular weight excluding hydrogens is 196 g/mol. The molecule has 0 saturated heterocycles. The molecule has 0 spiro atoms. The molecule has 1 aromatic rings. The van der Waals surface area contributed by atoms with Crippen molar-refractivity contribution in [3.05, 3.63) is 30.6 Å². The van der Waals surface area contributed by atoms with Crippen LogP contribution in [0.4, 0.5) is 0 Å². The van der Waals surface area contributed by atoms with Crippen LogP contribution in [0.1, 0.15) is 70.5 Å². The van der Waals surface area contributed by atoms with Crippen molar-refractivity contribution < 1.29 is 4.42 Å². The second-order valence-electron chi connectivity index (χ2n) is 4.48. The average molecular weight is 221 g/mol. The number of hydrogen-bond donors (Lipinski definition) is 0. The Morgan fingerprint density at radius 3 is 2.31 bits per heavy atom. The fourth-order valence-electron chi connectivity index (χ4n) is 1.93. The second-order valence-corrected chi connectivity index (χ2v) is 4.48. The molecular formula is C15H25O. The first-order valence-electron chi connectivity index (χ1n) is 6.80. The highest BCUT2D eigenvalue weighted by atomic mass is 16.3. The van der Waals surface area contributed by atoms with Gasteiger partial charge in [0.2, 0.25) is 0 Å². The van der Waals surface area contributed by atoms with Crippen molar-refractivity contribution >= 4 is 0 Å². The van der Waals surface area contributed by atoms with E-state index in [9.17, 15) is 0 Å². The summed E-state index contributed by atoms with van der Waals surface area (Å²) in [6.45, 7) is 2.27. The molecule has 1 aromatic heterocycles. The van der Waals surface area contributed by atoms with E-state index in [0.717, 1.165) is 12.2 Å². The molecule has 1 heteroatoms. The SMILES string of the molecule is CCCCCCCCCC[CH]c1ccco1. The summed E-state index contributed by atoms with van der Waals surface area (Å²) in [6, 6.07) is 3.96. The predicted molar refractivity (Wildman–Crippen MR) is 69.3 cm³/mol. The van der Waals surface area contributed by atoms with Crippen molar-refractivity contribution in [2.75, 3.05) is 0 Å². The largest absolute Gasteiger partial charge is 0.469 e. The van der Waals surface area contributed by atoms with Crippen molar-refractivity contribution in [3.8, 4) is 0 Å². The molecule has 0 fully saturated rings. The van der Waals surface area contributed by atoms with Crippen LogP contribution in [0.3, 0.4) is 0 Å². The summed E-state index contributed by atoms with van der Waals surface area (Å²) in [5.41, 5.74) is 0. The molecule has 1 heterocycles. The molecule has 1 rings (SSSR count). The lowest BCUT2D eigenvalue weighted by molar-refractivity contribution is 0.527. The summed E-state index contributed by atoms with van der Waals surface area (Å²) in [5.74, 6) is 1.02. The van der Waals surface area contributed by atoms with E-state index in [1.807, 2.05) is 12.1 Å². The highest BCUT2D eigenvalue weighted by Gasteiger charge is 1.96. The second kappa shape index (κ2) is 9.50. The summed E-state index contributed by atoms with van der Waals surface area (Å²) in [6.07, 6.45) is 16.2. The molecule has 0 aliphatic carbocycles. The van der Waals surface area contributed by atoms with Crippen molar-refractivity contribution in [2.24, 2.45) is 0 Å². The first kappa shape index (κ1) is 13.3. The van der Waals surface area contributed by atoms with Crippen LogP contribution in [0.2, 0.25) is 0 Å². The number of unbranched alkanes of at least 4 members (excludes halogenated alkanes) is 8. The molecule has 0 atom stereocenters.